The number of carbonyl (C=O) groups excluding carboxylic acids is 2. The molecule has 0 spiro atoms. The topological polar surface area (TPSA) is 80.3 Å². The fraction of sp³-hybridized carbons (Fsp3) is 0.133. The SMILES string of the molecule is Cc1ccc(Cl)c(OCC(=O)NNC(=O)c2ccccn2)c1. The minimum atomic E-state index is -0.512. The van der Waals surface area contributed by atoms with Crippen molar-refractivity contribution in [2.24, 2.45) is 0 Å². The molecule has 2 rings (SSSR count). The third kappa shape index (κ3) is 4.46. The number of rotatable bonds is 4. The first kappa shape index (κ1) is 15.8. The molecule has 0 aliphatic rings. The third-order valence-electron chi connectivity index (χ3n) is 2.66. The second kappa shape index (κ2) is 7.42. The fourth-order valence-electron chi connectivity index (χ4n) is 1.59. The number of carbonyl (C=O) groups is 2. The minimum absolute atomic E-state index is 0.199. The van der Waals surface area contributed by atoms with E-state index in [-0.39, 0.29) is 12.3 Å². The minimum Gasteiger partial charge on any atom is -0.482 e. The van der Waals surface area contributed by atoms with Crippen LogP contribution in [0.25, 0.3) is 0 Å². The molecule has 0 unspecified atom stereocenters. The van der Waals surface area contributed by atoms with Gasteiger partial charge in [-0.15, -0.1) is 0 Å². The molecule has 0 saturated carbocycles. The van der Waals surface area contributed by atoms with Gasteiger partial charge in [-0.2, -0.15) is 0 Å². The normalized spacial score (nSPS) is 9.91. The van der Waals surface area contributed by atoms with Gasteiger partial charge in [0.1, 0.15) is 11.4 Å². The van der Waals surface area contributed by atoms with Crippen LogP contribution in [0, 0.1) is 6.92 Å². The summed E-state index contributed by atoms with van der Waals surface area (Å²) >= 11 is 5.95. The number of nitrogens with zero attached hydrogens (tertiary/aromatic N) is 1. The zero-order chi connectivity index (χ0) is 15.9. The van der Waals surface area contributed by atoms with Crippen LogP contribution in [0.3, 0.4) is 0 Å². The highest BCUT2D eigenvalue weighted by atomic mass is 35.5. The Hall–Kier alpha value is -2.60. The monoisotopic (exact) mass is 319 g/mol. The summed E-state index contributed by atoms with van der Waals surface area (Å²) in [6.45, 7) is 1.61. The molecule has 114 valence electrons. The molecule has 0 saturated heterocycles. The Balaban J connectivity index is 1.81. The predicted octanol–water partition coefficient (Wildman–Crippen LogP) is 1.88. The van der Waals surface area contributed by atoms with Gasteiger partial charge in [0.2, 0.25) is 0 Å². The number of amides is 2. The Labute approximate surface area is 132 Å². The van der Waals surface area contributed by atoms with E-state index < -0.39 is 11.8 Å². The maximum absolute atomic E-state index is 11.7. The lowest BCUT2D eigenvalue weighted by molar-refractivity contribution is -0.123. The van der Waals surface area contributed by atoms with Gasteiger partial charge in [-0.05, 0) is 36.8 Å². The van der Waals surface area contributed by atoms with E-state index in [2.05, 4.69) is 15.8 Å². The van der Waals surface area contributed by atoms with Gasteiger partial charge in [0.05, 0.1) is 5.02 Å². The zero-order valence-corrected chi connectivity index (χ0v) is 12.6. The zero-order valence-electron chi connectivity index (χ0n) is 11.8. The van der Waals surface area contributed by atoms with Gasteiger partial charge < -0.3 is 4.74 Å². The first-order chi connectivity index (χ1) is 10.6. The van der Waals surface area contributed by atoms with Crippen LogP contribution in [0.2, 0.25) is 5.02 Å². The molecule has 22 heavy (non-hydrogen) atoms. The molecule has 1 aromatic carbocycles. The lowest BCUT2D eigenvalue weighted by Crippen LogP contribution is -2.44. The number of halogens is 1. The number of hydrazine groups is 1. The summed E-state index contributed by atoms with van der Waals surface area (Å²) in [6.07, 6.45) is 1.49. The van der Waals surface area contributed by atoms with Crippen LogP contribution in [0.15, 0.2) is 42.6 Å². The predicted molar refractivity (Wildman–Crippen MR) is 81.5 cm³/mol. The summed E-state index contributed by atoms with van der Waals surface area (Å²) in [5.74, 6) is -0.614. The largest absolute Gasteiger partial charge is 0.482 e. The molecular weight excluding hydrogens is 306 g/mol. The van der Waals surface area contributed by atoms with Crippen LogP contribution >= 0.6 is 11.6 Å². The number of pyridine rings is 1. The molecule has 1 heterocycles. The summed E-state index contributed by atoms with van der Waals surface area (Å²) < 4.78 is 5.31. The number of aromatic nitrogens is 1. The van der Waals surface area contributed by atoms with Crippen molar-refractivity contribution >= 4 is 23.4 Å². The second-order valence-corrected chi connectivity index (χ2v) is 4.85. The van der Waals surface area contributed by atoms with Crippen LogP contribution in [-0.2, 0) is 4.79 Å². The molecule has 2 N–H and O–H groups in total. The number of benzene rings is 1. The molecule has 2 aromatic rings. The van der Waals surface area contributed by atoms with Gasteiger partial charge >= 0.3 is 0 Å². The number of ether oxygens (including phenoxy) is 1. The second-order valence-electron chi connectivity index (χ2n) is 4.44. The Bertz CT molecular complexity index is 677. The standard InChI is InChI=1S/C15H14ClN3O3/c1-10-5-6-11(16)13(8-10)22-9-14(20)18-19-15(21)12-4-2-3-7-17-12/h2-8H,9H2,1H3,(H,18,20)(H,19,21). The number of nitrogens with one attached hydrogen (secondary N) is 2. The lowest BCUT2D eigenvalue weighted by atomic mass is 10.2. The van der Waals surface area contributed by atoms with E-state index in [0.29, 0.717) is 10.8 Å². The first-order valence-corrected chi connectivity index (χ1v) is 6.83. The van der Waals surface area contributed by atoms with Crippen LogP contribution in [0.5, 0.6) is 5.75 Å². The lowest BCUT2D eigenvalue weighted by Gasteiger charge is -2.10. The smallest absolute Gasteiger partial charge is 0.288 e. The van der Waals surface area contributed by atoms with E-state index in [1.165, 1.54) is 12.3 Å². The highest BCUT2D eigenvalue weighted by Gasteiger charge is 2.09. The van der Waals surface area contributed by atoms with Crippen molar-refractivity contribution in [1.29, 1.82) is 0 Å². The summed E-state index contributed by atoms with van der Waals surface area (Å²) in [5.41, 5.74) is 5.65. The molecule has 0 radical (unpaired) electrons. The summed E-state index contributed by atoms with van der Waals surface area (Å²) in [5, 5.41) is 0.413. The highest BCUT2D eigenvalue weighted by Crippen LogP contribution is 2.24. The summed E-state index contributed by atoms with van der Waals surface area (Å²) in [6, 6.07) is 10.1. The van der Waals surface area contributed by atoms with Crippen molar-refractivity contribution in [2.75, 3.05) is 6.61 Å². The van der Waals surface area contributed by atoms with Gasteiger partial charge in [-0.1, -0.05) is 23.7 Å². The first-order valence-electron chi connectivity index (χ1n) is 6.45. The molecule has 0 bridgehead atoms. The molecule has 0 aliphatic heterocycles. The average molecular weight is 320 g/mol. The van der Waals surface area contributed by atoms with Crippen molar-refractivity contribution in [2.45, 2.75) is 6.92 Å². The van der Waals surface area contributed by atoms with E-state index >= 15 is 0 Å². The number of aryl methyl sites for hydroxylation is 1. The van der Waals surface area contributed by atoms with Crippen molar-refractivity contribution in [3.05, 3.63) is 58.9 Å². The fourth-order valence-corrected chi connectivity index (χ4v) is 1.76. The van der Waals surface area contributed by atoms with Crippen molar-refractivity contribution in [1.82, 2.24) is 15.8 Å². The Morgan fingerprint density at radius 1 is 1.23 bits per heavy atom. The van der Waals surface area contributed by atoms with Gasteiger partial charge in [-0.3, -0.25) is 25.4 Å². The van der Waals surface area contributed by atoms with Crippen LogP contribution < -0.4 is 15.6 Å². The molecule has 0 atom stereocenters. The van der Waals surface area contributed by atoms with Gasteiger partial charge in [0.15, 0.2) is 6.61 Å². The third-order valence-corrected chi connectivity index (χ3v) is 2.97. The molecule has 7 heteroatoms. The molecule has 1 aromatic heterocycles. The van der Waals surface area contributed by atoms with Gasteiger partial charge in [0.25, 0.3) is 11.8 Å². The Morgan fingerprint density at radius 2 is 2.05 bits per heavy atom. The Kier molecular flexibility index (Phi) is 5.32. The molecule has 2 amide bonds. The van der Waals surface area contributed by atoms with E-state index in [4.69, 9.17) is 16.3 Å². The summed E-state index contributed by atoms with van der Waals surface area (Å²) in [4.78, 5) is 27.2. The molecular formula is C15H14ClN3O3. The van der Waals surface area contributed by atoms with Crippen molar-refractivity contribution in [3.8, 4) is 5.75 Å². The maximum Gasteiger partial charge on any atom is 0.288 e. The molecule has 6 nitrogen and oxygen atoms in total. The van der Waals surface area contributed by atoms with E-state index in [1.54, 1.807) is 24.3 Å². The van der Waals surface area contributed by atoms with E-state index in [9.17, 15) is 9.59 Å². The molecule has 0 fully saturated rings. The van der Waals surface area contributed by atoms with Crippen LogP contribution in [-0.4, -0.2) is 23.4 Å². The summed E-state index contributed by atoms with van der Waals surface area (Å²) in [7, 11) is 0. The maximum atomic E-state index is 11.7. The van der Waals surface area contributed by atoms with E-state index in [0.717, 1.165) is 5.56 Å². The van der Waals surface area contributed by atoms with Crippen LogP contribution in [0.1, 0.15) is 16.1 Å². The number of hydrogen-bond donors (Lipinski definition) is 2. The number of hydrogen-bond acceptors (Lipinski definition) is 4. The highest BCUT2D eigenvalue weighted by molar-refractivity contribution is 6.32. The van der Waals surface area contributed by atoms with Crippen molar-refractivity contribution in [3.63, 3.8) is 0 Å². The Morgan fingerprint density at radius 3 is 2.77 bits per heavy atom. The van der Waals surface area contributed by atoms with Gasteiger partial charge in [0, 0.05) is 6.20 Å². The molecule has 0 aliphatic carbocycles. The average Bonchev–Trinajstić information content (AvgIpc) is 2.54. The quantitative estimate of drug-likeness (QED) is 0.843. The van der Waals surface area contributed by atoms with Crippen molar-refractivity contribution < 1.29 is 14.3 Å². The van der Waals surface area contributed by atoms with E-state index in [1.807, 2.05) is 13.0 Å². The van der Waals surface area contributed by atoms with Gasteiger partial charge in [-0.25, -0.2) is 0 Å². The van der Waals surface area contributed by atoms with Crippen LogP contribution in [0.4, 0.5) is 0 Å².